The molecule has 1 aromatic carbocycles. The number of hydrogen-bond donors (Lipinski definition) is 1. The van der Waals surface area contributed by atoms with Crippen LogP contribution in [0.5, 0.6) is 0 Å². The zero-order chi connectivity index (χ0) is 20.2. The molecule has 1 saturated carbocycles. The lowest BCUT2D eigenvalue weighted by atomic mass is 9.80. The lowest BCUT2D eigenvalue weighted by molar-refractivity contribution is -0.151. The molecule has 0 radical (unpaired) electrons. The molecule has 0 heterocycles. The minimum absolute atomic E-state index is 0.0402. The molecule has 0 saturated heterocycles. The predicted octanol–water partition coefficient (Wildman–Crippen LogP) is 2.58. The fraction of sp³-hybridized carbons (Fsp3) is 0.579. The summed E-state index contributed by atoms with van der Waals surface area (Å²) in [6.07, 6.45) is 3.26. The monoisotopic (exact) mass is 396 g/mol. The van der Waals surface area contributed by atoms with Crippen molar-refractivity contribution < 1.29 is 23.1 Å². The van der Waals surface area contributed by atoms with Crippen molar-refractivity contribution in [3.05, 3.63) is 29.8 Å². The smallest absolute Gasteiger partial charge is 0.329 e. The number of sulfonamides is 1. The van der Waals surface area contributed by atoms with E-state index in [4.69, 9.17) is 0 Å². The Morgan fingerprint density at radius 3 is 2.22 bits per heavy atom. The van der Waals surface area contributed by atoms with Gasteiger partial charge in [-0.25, -0.2) is 13.2 Å². The van der Waals surface area contributed by atoms with Gasteiger partial charge >= 0.3 is 5.97 Å². The standard InChI is InChI=1S/C19H28N2O5S/c1-4-21(5-2)27(25,26)16-11-9-10-15(14-16)17(22)20(3)19(18(23)24)12-7-6-8-13-19/h9-11,14H,4-8,12-13H2,1-3H3,(H,23,24). The van der Waals surface area contributed by atoms with E-state index in [-0.39, 0.29) is 10.5 Å². The van der Waals surface area contributed by atoms with Crippen molar-refractivity contribution >= 4 is 21.9 Å². The van der Waals surface area contributed by atoms with E-state index in [1.807, 2.05) is 0 Å². The average molecular weight is 397 g/mol. The van der Waals surface area contributed by atoms with Gasteiger partial charge in [-0.15, -0.1) is 0 Å². The molecule has 150 valence electrons. The Kier molecular flexibility index (Phi) is 6.64. The molecule has 7 nitrogen and oxygen atoms in total. The van der Waals surface area contributed by atoms with E-state index in [0.717, 1.165) is 19.3 Å². The topological polar surface area (TPSA) is 95.0 Å². The molecule has 0 aromatic heterocycles. The van der Waals surface area contributed by atoms with Gasteiger partial charge < -0.3 is 10.0 Å². The molecule has 0 spiro atoms. The maximum Gasteiger partial charge on any atom is 0.329 e. The molecule has 1 fully saturated rings. The van der Waals surface area contributed by atoms with Crippen LogP contribution < -0.4 is 0 Å². The van der Waals surface area contributed by atoms with E-state index in [0.29, 0.717) is 25.9 Å². The highest BCUT2D eigenvalue weighted by atomic mass is 32.2. The molecule has 0 unspecified atom stereocenters. The maximum absolute atomic E-state index is 13.0. The number of likely N-dealkylation sites (N-methyl/N-ethyl adjacent to an activating group) is 1. The van der Waals surface area contributed by atoms with Gasteiger partial charge in [-0.2, -0.15) is 4.31 Å². The summed E-state index contributed by atoms with van der Waals surface area (Å²) >= 11 is 0. The second-order valence-corrected chi connectivity index (χ2v) is 8.82. The summed E-state index contributed by atoms with van der Waals surface area (Å²) in [7, 11) is -2.20. The van der Waals surface area contributed by atoms with Crippen LogP contribution in [0.15, 0.2) is 29.2 Å². The van der Waals surface area contributed by atoms with E-state index in [9.17, 15) is 23.1 Å². The Morgan fingerprint density at radius 2 is 1.70 bits per heavy atom. The van der Waals surface area contributed by atoms with Gasteiger partial charge in [0.25, 0.3) is 5.91 Å². The van der Waals surface area contributed by atoms with Crippen LogP contribution >= 0.6 is 0 Å². The van der Waals surface area contributed by atoms with Gasteiger partial charge in [0.05, 0.1) is 4.90 Å². The van der Waals surface area contributed by atoms with E-state index in [1.54, 1.807) is 13.8 Å². The molecule has 2 rings (SSSR count). The zero-order valence-electron chi connectivity index (χ0n) is 16.1. The fourth-order valence-electron chi connectivity index (χ4n) is 3.72. The molecule has 1 aromatic rings. The molecule has 27 heavy (non-hydrogen) atoms. The third-order valence-corrected chi connectivity index (χ3v) is 7.50. The van der Waals surface area contributed by atoms with Crippen LogP contribution in [0.1, 0.15) is 56.3 Å². The number of rotatable bonds is 7. The highest BCUT2D eigenvalue weighted by Gasteiger charge is 2.45. The third kappa shape index (κ3) is 4.01. The molecule has 0 bridgehead atoms. The number of carboxylic acids is 1. The van der Waals surface area contributed by atoms with E-state index >= 15 is 0 Å². The van der Waals surface area contributed by atoms with Gasteiger partial charge in [0.1, 0.15) is 5.54 Å². The lowest BCUT2D eigenvalue weighted by Gasteiger charge is -2.41. The number of aliphatic carboxylic acids is 1. The molecular weight excluding hydrogens is 368 g/mol. The Labute approximate surface area is 161 Å². The first-order valence-electron chi connectivity index (χ1n) is 9.32. The highest BCUT2D eigenvalue weighted by Crippen LogP contribution is 2.34. The van der Waals surface area contributed by atoms with Crippen LogP contribution in [0.2, 0.25) is 0 Å². The number of carbonyl (C=O) groups is 2. The summed E-state index contributed by atoms with van der Waals surface area (Å²) in [5, 5.41) is 9.78. The fourth-order valence-corrected chi connectivity index (χ4v) is 5.22. The first-order chi connectivity index (χ1) is 12.7. The molecule has 1 N–H and O–H groups in total. The molecule has 0 aliphatic heterocycles. The second kappa shape index (κ2) is 8.39. The van der Waals surface area contributed by atoms with Gasteiger partial charge in [-0.1, -0.05) is 39.2 Å². The van der Waals surface area contributed by atoms with Crippen LogP contribution in [-0.2, 0) is 14.8 Å². The van der Waals surface area contributed by atoms with Crippen molar-refractivity contribution in [3.8, 4) is 0 Å². The number of amides is 1. The van der Waals surface area contributed by atoms with Crippen LogP contribution in [0.3, 0.4) is 0 Å². The Balaban J connectivity index is 2.38. The zero-order valence-corrected chi connectivity index (χ0v) is 17.0. The predicted molar refractivity (Wildman–Crippen MR) is 102 cm³/mol. The minimum Gasteiger partial charge on any atom is -0.479 e. The van der Waals surface area contributed by atoms with Crippen molar-refractivity contribution in [1.29, 1.82) is 0 Å². The summed E-state index contributed by atoms with van der Waals surface area (Å²) < 4.78 is 26.8. The average Bonchev–Trinajstić information content (AvgIpc) is 2.68. The van der Waals surface area contributed by atoms with Gasteiger partial charge in [0.15, 0.2) is 0 Å². The van der Waals surface area contributed by atoms with Gasteiger partial charge in [-0.05, 0) is 31.0 Å². The normalized spacial score (nSPS) is 16.9. The van der Waals surface area contributed by atoms with Gasteiger partial charge in [0.2, 0.25) is 10.0 Å². The number of nitrogens with zero attached hydrogens (tertiary/aromatic N) is 2. The Bertz CT molecular complexity index is 796. The van der Waals surface area contributed by atoms with E-state index in [1.165, 1.54) is 40.5 Å². The largest absolute Gasteiger partial charge is 0.479 e. The first-order valence-corrected chi connectivity index (χ1v) is 10.8. The summed E-state index contributed by atoms with van der Waals surface area (Å²) in [6.45, 7) is 4.17. The van der Waals surface area contributed by atoms with Crippen LogP contribution in [-0.4, -0.2) is 60.3 Å². The van der Waals surface area contributed by atoms with Crippen LogP contribution in [0.4, 0.5) is 0 Å². The molecular formula is C19H28N2O5S. The molecule has 1 amide bonds. The van der Waals surface area contributed by atoms with Crippen molar-refractivity contribution in [2.45, 2.75) is 56.4 Å². The Hall–Kier alpha value is -1.93. The summed E-state index contributed by atoms with van der Waals surface area (Å²) in [6, 6.07) is 5.84. The van der Waals surface area contributed by atoms with Crippen molar-refractivity contribution in [2.75, 3.05) is 20.1 Å². The van der Waals surface area contributed by atoms with Crippen molar-refractivity contribution in [3.63, 3.8) is 0 Å². The molecule has 1 aliphatic rings. The maximum atomic E-state index is 13.0. The van der Waals surface area contributed by atoms with Crippen LogP contribution in [0.25, 0.3) is 0 Å². The minimum atomic E-state index is -3.69. The molecule has 0 atom stereocenters. The van der Waals surface area contributed by atoms with Crippen molar-refractivity contribution in [1.82, 2.24) is 9.21 Å². The third-order valence-electron chi connectivity index (χ3n) is 5.45. The summed E-state index contributed by atoms with van der Waals surface area (Å²) in [4.78, 5) is 26.3. The SMILES string of the molecule is CCN(CC)S(=O)(=O)c1cccc(C(=O)N(C)C2(C(=O)O)CCCCC2)c1. The Morgan fingerprint density at radius 1 is 1.11 bits per heavy atom. The number of hydrogen-bond acceptors (Lipinski definition) is 4. The first kappa shape index (κ1) is 21.4. The molecule has 8 heteroatoms. The van der Waals surface area contributed by atoms with Gasteiger partial charge in [0, 0.05) is 25.7 Å². The van der Waals surface area contributed by atoms with E-state index < -0.39 is 27.4 Å². The van der Waals surface area contributed by atoms with Crippen LogP contribution in [0, 0.1) is 0 Å². The number of benzene rings is 1. The summed E-state index contributed by atoms with van der Waals surface area (Å²) in [5.74, 6) is -1.49. The number of carbonyl (C=O) groups excluding carboxylic acids is 1. The van der Waals surface area contributed by atoms with Crippen molar-refractivity contribution in [2.24, 2.45) is 0 Å². The van der Waals surface area contributed by atoms with E-state index in [2.05, 4.69) is 0 Å². The molecule has 1 aliphatic carbocycles. The highest BCUT2D eigenvalue weighted by molar-refractivity contribution is 7.89. The second-order valence-electron chi connectivity index (χ2n) is 6.88. The number of carboxylic acid groups (broad SMARTS) is 1. The van der Waals surface area contributed by atoms with Gasteiger partial charge in [-0.3, -0.25) is 4.79 Å². The lowest BCUT2D eigenvalue weighted by Crippen LogP contribution is -2.56. The quantitative estimate of drug-likeness (QED) is 0.764. The summed E-state index contributed by atoms with van der Waals surface area (Å²) in [5.41, 5.74) is -1.06.